The van der Waals surface area contributed by atoms with Gasteiger partial charge < -0.3 is 10.1 Å². The SMILES string of the molecule is O=C(O)/C(S)=C/c1c[nH]c2cc(I)ccc12. The lowest BCUT2D eigenvalue weighted by atomic mass is 10.1. The van der Waals surface area contributed by atoms with Crippen molar-refractivity contribution in [2.45, 2.75) is 0 Å². The molecule has 2 rings (SSSR count). The summed E-state index contributed by atoms with van der Waals surface area (Å²) < 4.78 is 1.13. The molecule has 0 aliphatic carbocycles. The van der Waals surface area contributed by atoms with Gasteiger partial charge in [-0.15, -0.1) is 12.6 Å². The molecule has 16 heavy (non-hydrogen) atoms. The molecule has 1 heterocycles. The predicted octanol–water partition coefficient (Wildman–Crippen LogP) is 3.13. The quantitative estimate of drug-likeness (QED) is 0.445. The molecule has 2 aromatic rings. The highest BCUT2D eigenvalue weighted by Crippen LogP contribution is 2.23. The first-order chi connectivity index (χ1) is 7.58. The number of hydrogen-bond donors (Lipinski definition) is 3. The summed E-state index contributed by atoms with van der Waals surface area (Å²) in [6.45, 7) is 0. The number of aliphatic carboxylic acids is 1. The van der Waals surface area contributed by atoms with Gasteiger partial charge in [0.1, 0.15) is 0 Å². The van der Waals surface area contributed by atoms with E-state index in [1.807, 2.05) is 18.2 Å². The minimum atomic E-state index is -1.02. The van der Waals surface area contributed by atoms with E-state index in [0.29, 0.717) is 0 Å². The van der Waals surface area contributed by atoms with Crippen LogP contribution < -0.4 is 0 Å². The van der Waals surface area contributed by atoms with Crippen molar-refractivity contribution in [2.24, 2.45) is 0 Å². The van der Waals surface area contributed by atoms with Gasteiger partial charge in [0.05, 0.1) is 4.91 Å². The minimum Gasteiger partial charge on any atom is -0.477 e. The molecule has 0 saturated heterocycles. The molecule has 0 fully saturated rings. The van der Waals surface area contributed by atoms with E-state index in [2.05, 4.69) is 40.2 Å². The van der Waals surface area contributed by atoms with Gasteiger partial charge in [-0.1, -0.05) is 6.07 Å². The lowest BCUT2D eigenvalue weighted by Gasteiger charge is -1.94. The van der Waals surface area contributed by atoms with Gasteiger partial charge in [-0.3, -0.25) is 0 Å². The topological polar surface area (TPSA) is 53.1 Å². The van der Waals surface area contributed by atoms with E-state index in [4.69, 9.17) is 5.11 Å². The number of carboxylic acids is 1. The van der Waals surface area contributed by atoms with Crippen LogP contribution in [0.2, 0.25) is 0 Å². The van der Waals surface area contributed by atoms with Crippen LogP contribution >= 0.6 is 35.2 Å². The highest BCUT2D eigenvalue weighted by molar-refractivity contribution is 14.1. The van der Waals surface area contributed by atoms with Crippen molar-refractivity contribution >= 4 is 58.2 Å². The Hall–Kier alpha value is -0.950. The number of H-pyrrole nitrogens is 1. The third-order valence-corrected chi connectivity index (χ3v) is 3.18. The molecular weight excluding hydrogens is 337 g/mol. The van der Waals surface area contributed by atoms with Crippen LogP contribution in [0.1, 0.15) is 5.56 Å². The van der Waals surface area contributed by atoms with Crippen LogP contribution in [0.15, 0.2) is 29.3 Å². The first-order valence-electron chi connectivity index (χ1n) is 4.48. The standard InChI is InChI=1S/C11H8INO2S/c12-7-1-2-8-6(3-10(16)11(14)15)5-13-9(8)4-7/h1-5,13,16H,(H,14,15)/b10-3-. The predicted molar refractivity (Wildman–Crippen MR) is 75.6 cm³/mol. The van der Waals surface area contributed by atoms with E-state index in [-0.39, 0.29) is 4.91 Å². The number of rotatable bonds is 2. The zero-order valence-corrected chi connectivity index (χ0v) is 11.1. The second-order valence-corrected chi connectivity index (χ2v) is 5.00. The lowest BCUT2D eigenvalue weighted by molar-refractivity contribution is -0.131. The monoisotopic (exact) mass is 345 g/mol. The number of carboxylic acid groups (broad SMARTS) is 1. The van der Waals surface area contributed by atoms with Crippen LogP contribution in [0, 0.1) is 3.57 Å². The Morgan fingerprint density at radius 3 is 2.94 bits per heavy atom. The Morgan fingerprint density at radius 1 is 1.50 bits per heavy atom. The van der Waals surface area contributed by atoms with Gasteiger partial charge in [0.15, 0.2) is 0 Å². The van der Waals surface area contributed by atoms with Gasteiger partial charge in [0.25, 0.3) is 0 Å². The van der Waals surface area contributed by atoms with Gasteiger partial charge >= 0.3 is 5.97 Å². The van der Waals surface area contributed by atoms with E-state index >= 15 is 0 Å². The Kier molecular flexibility index (Phi) is 3.25. The Labute approximate surface area is 111 Å². The van der Waals surface area contributed by atoms with Crippen molar-refractivity contribution < 1.29 is 9.90 Å². The minimum absolute atomic E-state index is 0.0273. The molecule has 5 heteroatoms. The summed E-state index contributed by atoms with van der Waals surface area (Å²) in [7, 11) is 0. The highest BCUT2D eigenvalue weighted by Gasteiger charge is 2.05. The smallest absolute Gasteiger partial charge is 0.341 e. The summed E-state index contributed by atoms with van der Waals surface area (Å²) in [6, 6.07) is 5.95. The molecule has 3 nitrogen and oxygen atoms in total. The normalized spacial score (nSPS) is 12.0. The molecule has 0 aliphatic heterocycles. The average molecular weight is 345 g/mol. The van der Waals surface area contributed by atoms with E-state index in [1.54, 1.807) is 6.20 Å². The molecule has 0 unspecified atom stereocenters. The zero-order chi connectivity index (χ0) is 11.7. The fraction of sp³-hybridized carbons (Fsp3) is 0. The van der Waals surface area contributed by atoms with Gasteiger partial charge in [0, 0.05) is 26.2 Å². The third-order valence-electron chi connectivity index (χ3n) is 2.19. The summed E-state index contributed by atoms with van der Waals surface area (Å²) in [5.41, 5.74) is 1.82. The maximum absolute atomic E-state index is 10.7. The first-order valence-corrected chi connectivity index (χ1v) is 6.01. The number of aromatic amines is 1. The molecule has 0 spiro atoms. The molecule has 1 aromatic carbocycles. The van der Waals surface area contributed by atoms with Gasteiger partial charge in [-0.25, -0.2) is 4.79 Å². The van der Waals surface area contributed by atoms with Crippen LogP contribution in [-0.2, 0) is 4.79 Å². The summed E-state index contributed by atoms with van der Waals surface area (Å²) in [4.78, 5) is 13.8. The van der Waals surface area contributed by atoms with Crippen molar-refractivity contribution in [3.8, 4) is 0 Å². The van der Waals surface area contributed by atoms with Crippen LogP contribution in [0.25, 0.3) is 17.0 Å². The highest BCUT2D eigenvalue weighted by atomic mass is 127. The maximum Gasteiger partial charge on any atom is 0.341 e. The number of thiol groups is 1. The van der Waals surface area contributed by atoms with Crippen LogP contribution in [0.3, 0.4) is 0 Å². The molecule has 2 N–H and O–H groups in total. The van der Waals surface area contributed by atoms with E-state index < -0.39 is 5.97 Å². The summed E-state index contributed by atoms with van der Waals surface area (Å²) in [5, 5.41) is 9.73. The van der Waals surface area contributed by atoms with Crippen molar-refractivity contribution in [1.82, 2.24) is 4.98 Å². The first kappa shape index (κ1) is 11.5. The summed E-state index contributed by atoms with van der Waals surface area (Å²) in [6.07, 6.45) is 3.32. The Morgan fingerprint density at radius 2 is 2.25 bits per heavy atom. The number of hydrogen-bond acceptors (Lipinski definition) is 2. The van der Waals surface area contributed by atoms with Crippen molar-refractivity contribution in [2.75, 3.05) is 0 Å². The number of nitrogens with one attached hydrogen (secondary N) is 1. The van der Waals surface area contributed by atoms with Crippen LogP contribution in [0.4, 0.5) is 0 Å². The number of halogens is 1. The largest absolute Gasteiger partial charge is 0.477 e. The lowest BCUT2D eigenvalue weighted by Crippen LogP contribution is -1.92. The second kappa shape index (κ2) is 4.50. The average Bonchev–Trinajstić information content (AvgIpc) is 2.60. The van der Waals surface area contributed by atoms with Crippen molar-refractivity contribution in [3.05, 3.63) is 38.4 Å². The Bertz CT molecular complexity index is 589. The van der Waals surface area contributed by atoms with Crippen molar-refractivity contribution in [1.29, 1.82) is 0 Å². The van der Waals surface area contributed by atoms with Crippen molar-refractivity contribution in [3.63, 3.8) is 0 Å². The third kappa shape index (κ3) is 2.25. The molecule has 0 radical (unpaired) electrons. The second-order valence-electron chi connectivity index (χ2n) is 3.27. The molecule has 0 aliphatic rings. The molecule has 0 amide bonds. The molecular formula is C11H8INO2S. The number of benzene rings is 1. The van der Waals surface area contributed by atoms with Gasteiger partial charge in [-0.05, 0) is 40.8 Å². The molecule has 0 bridgehead atoms. The molecule has 82 valence electrons. The number of aromatic nitrogens is 1. The number of carbonyl (C=O) groups is 1. The molecule has 1 aromatic heterocycles. The zero-order valence-electron chi connectivity index (χ0n) is 8.07. The van der Waals surface area contributed by atoms with Crippen LogP contribution in [-0.4, -0.2) is 16.1 Å². The Balaban J connectivity index is 2.55. The fourth-order valence-electron chi connectivity index (χ4n) is 1.45. The van der Waals surface area contributed by atoms with E-state index in [9.17, 15) is 4.79 Å². The molecule has 0 atom stereocenters. The number of fused-ring (bicyclic) bond motifs is 1. The summed E-state index contributed by atoms with van der Waals surface area (Å²) >= 11 is 6.13. The van der Waals surface area contributed by atoms with E-state index in [0.717, 1.165) is 20.0 Å². The summed E-state index contributed by atoms with van der Waals surface area (Å²) in [5.74, 6) is -1.02. The molecule has 0 saturated carbocycles. The maximum atomic E-state index is 10.7. The van der Waals surface area contributed by atoms with Gasteiger partial charge in [0.2, 0.25) is 0 Å². The van der Waals surface area contributed by atoms with Crippen LogP contribution in [0.5, 0.6) is 0 Å². The van der Waals surface area contributed by atoms with Gasteiger partial charge in [-0.2, -0.15) is 0 Å². The fourth-order valence-corrected chi connectivity index (χ4v) is 2.08. The van der Waals surface area contributed by atoms with E-state index in [1.165, 1.54) is 6.08 Å².